The van der Waals surface area contributed by atoms with Crippen molar-refractivity contribution in [1.82, 2.24) is 0 Å². The van der Waals surface area contributed by atoms with Crippen molar-refractivity contribution in [3.8, 4) is 5.75 Å². The lowest BCUT2D eigenvalue weighted by Crippen LogP contribution is -2.23. The summed E-state index contributed by atoms with van der Waals surface area (Å²) < 4.78 is 40.8. The van der Waals surface area contributed by atoms with Crippen molar-refractivity contribution >= 4 is 17.3 Å². The molecular weight excluding hydrogens is 255 g/mol. The first-order valence-corrected chi connectivity index (χ1v) is 5.64. The van der Waals surface area contributed by atoms with Crippen LogP contribution in [-0.2, 0) is 0 Å². The van der Waals surface area contributed by atoms with Crippen molar-refractivity contribution in [3.05, 3.63) is 23.2 Å². The number of ether oxygens (including phenoxy) is 1. The molecule has 0 saturated carbocycles. The largest absolute Gasteiger partial charge is 0.573 e. The minimum absolute atomic E-state index is 0.230. The van der Waals surface area contributed by atoms with E-state index in [9.17, 15) is 13.2 Å². The van der Waals surface area contributed by atoms with Crippen molar-refractivity contribution in [2.45, 2.75) is 19.2 Å². The van der Waals surface area contributed by atoms with Crippen molar-refractivity contribution in [3.63, 3.8) is 0 Å². The lowest BCUT2D eigenvalue weighted by molar-refractivity contribution is -0.274. The van der Waals surface area contributed by atoms with E-state index >= 15 is 0 Å². The Labute approximate surface area is 102 Å². The van der Waals surface area contributed by atoms with E-state index in [4.69, 9.17) is 11.6 Å². The van der Waals surface area contributed by atoms with Crippen LogP contribution in [-0.4, -0.2) is 19.5 Å². The molecule has 1 fully saturated rings. The molecule has 0 N–H and O–H groups in total. The van der Waals surface area contributed by atoms with Gasteiger partial charge in [0.15, 0.2) is 5.75 Å². The third kappa shape index (κ3) is 2.97. The first kappa shape index (κ1) is 12.4. The number of anilines is 1. The van der Waals surface area contributed by atoms with E-state index in [1.807, 2.05) is 4.90 Å². The van der Waals surface area contributed by atoms with Gasteiger partial charge in [-0.1, -0.05) is 17.7 Å². The van der Waals surface area contributed by atoms with Crippen LogP contribution in [0.2, 0.25) is 5.02 Å². The number of nitrogens with zero attached hydrogens (tertiary/aromatic N) is 1. The summed E-state index contributed by atoms with van der Waals surface area (Å²) in [6.45, 7) is 1.41. The number of halogens is 4. The van der Waals surface area contributed by atoms with Gasteiger partial charge in [0.2, 0.25) is 0 Å². The van der Waals surface area contributed by atoms with Gasteiger partial charge in [0.05, 0.1) is 10.7 Å². The molecule has 1 heterocycles. The Morgan fingerprint density at radius 3 is 2.41 bits per heavy atom. The molecule has 6 heteroatoms. The van der Waals surface area contributed by atoms with E-state index in [2.05, 4.69) is 4.74 Å². The summed E-state index contributed by atoms with van der Waals surface area (Å²) in [6, 6.07) is 4.30. The van der Waals surface area contributed by atoms with E-state index in [1.165, 1.54) is 12.1 Å². The van der Waals surface area contributed by atoms with Gasteiger partial charge < -0.3 is 9.64 Å². The molecule has 17 heavy (non-hydrogen) atoms. The topological polar surface area (TPSA) is 12.5 Å². The number of alkyl halides is 3. The second kappa shape index (κ2) is 4.64. The molecule has 1 aromatic rings. The quantitative estimate of drug-likeness (QED) is 0.806. The molecule has 1 aliphatic rings. The Balaban J connectivity index is 2.34. The van der Waals surface area contributed by atoms with Crippen LogP contribution in [0.1, 0.15) is 12.8 Å². The van der Waals surface area contributed by atoms with Crippen LogP contribution >= 0.6 is 11.6 Å². The lowest BCUT2D eigenvalue weighted by Gasteiger charge is -2.22. The molecule has 1 aliphatic heterocycles. The summed E-state index contributed by atoms with van der Waals surface area (Å²) in [5.41, 5.74) is 0.337. The number of rotatable bonds is 2. The van der Waals surface area contributed by atoms with Crippen molar-refractivity contribution in [2.24, 2.45) is 0 Å². The van der Waals surface area contributed by atoms with Gasteiger partial charge in [-0.05, 0) is 25.0 Å². The summed E-state index contributed by atoms with van der Waals surface area (Å²) in [5, 5.41) is 0.286. The highest BCUT2D eigenvalue weighted by Gasteiger charge is 2.33. The fraction of sp³-hybridized carbons (Fsp3) is 0.455. The van der Waals surface area contributed by atoms with Crippen molar-refractivity contribution in [2.75, 3.05) is 18.0 Å². The normalized spacial score (nSPS) is 16.4. The molecule has 94 valence electrons. The Hall–Kier alpha value is -1.10. The highest BCUT2D eigenvalue weighted by Crippen LogP contribution is 2.39. The number of hydrogen-bond acceptors (Lipinski definition) is 2. The smallest absolute Gasteiger partial charge is 0.404 e. The summed E-state index contributed by atoms with van der Waals surface area (Å²) in [7, 11) is 0. The van der Waals surface area contributed by atoms with Gasteiger partial charge in [-0.25, -0.2) is 0 Å². The van der Waals surface area contributed by atoms with Crippen LogP contribution in [0.5, 0.6) is 5.75 Å². The average Bonchev–Trinajstić information content (AvgIpc) is 2.68. The third-order valence-corrected chi connectivity index (χ3v) is 2.90. The fourth-order valence-electron chi connectivity index (χ4n) is 1.95. The number of benzene rings is 1. The van der Waals surface area contributed by atoms with Crippen molar-refractivity contribution in [1.29, 1.82) is 0 Å². The predicted molar refractivity (Wildman–Crippen MR) is 59.6 cm³/mol. The fourth-order valence-corrected chi connectivity index (χ4v) is 2.24. The second-order valence-electron chi connectivity index (χ2n) is 3.83. The standard InChI is InChI=1S/C11H11ClF3NO/c12-8-4-3-5-9(17-11(13,14)15)10(8)16-6-1-2-7-16/h3-5H,1-2,6-7H2. The first-order chi connectivity index (χ1) is 7.97. The molecule has 0 atom stereocenters. The minimum atomic E-state index is -4.70. The Morgan fingerprint density at radius 1 is 1.18 bits per heavy atom. The Bertz CT molecular complexity index is 402. The molecule has 0 aliphatic carbocycles. The lowest BCUT2D eigenvalue weighted by atomic mass is 10.2. The molecule has 1 aromatic carbocycles. The zero-order chi connectivity index (χ0) is 12.5. The van der Waals surface area contributed by atoms with E-state index in [0.29, 0.717) is 18.8 Å². The van der Waals surface area contributed by atoms with E-state index < -0.39 is 6.36 Å². The molecule has 0 unspecified atom stereocenters. The first-order valence-electron chi connectivity index (χ1n) is 5.26. The maximum atomic E-state index is 12.3. The zero-order valence-corrected chi connectivity index (χ0v) is 9.68. The summed E-state index contributed by atoms with van der Waals surface area (Å²) in [4.78, 5) is 1.82. The molecule has 2 nitrogen and oxygen atoms in total. The van der Waals surface area contributed by atoms with Crippen LogP contribution in [0.25, 0.3) is 0 Å². The molecule has 0 spiro atoms. The Morgan fingerprint density at radius 2 is 1.82 bits per heavy atom. The molecule has 0 aromatic heterocycles. The van der Waals surface area contributed by atoms with E-state index in [1.54, 1.807) is 6.07 Å². The molecule has 0 radical (unpaired) electrons. The van der Waals surface area contributed by atoms with Gasteiger partial charge in [0.1, 0.15) is 0 Å². The Kier molecular flexibility index (Phi) is 3.38. The van der Waals surface area contributed by atoms with Gasteiger partial charge in [0.25, 0.3) is 0 Å². The van der Waals surface area contributed by atoms with Crippen LogP contribution < -0.4 is 9.64 Å². The van der Waals surface area contributed by atoms with Crippen LogP contribution in [0.4, 0.5) is 18.9 Å². The summed E-state index contributed by atoms with van der Waals surface area (Å²) in [5.74, 6) is -0.230. The van der Waals surface area contributed by atoms with Crippen LogP contribution in [0.15, 0.2) is 18.2 Å². The highest BCUT2D eigenvalue weighted by molar-refractivity contribution is 6.33. The predicted octanol–water partition coefficient (Wildman–Crippen LogP) is 3.84. The van der Waals surface area contributed by atoms with Crippen LogP contribution in [0.3, 0.4) is 0 Å². The molecular formula is C11H11ClF3NO. The number of para-hydroxylation sites is 1. The second-order valence-corrected chi connectivity index (χ2v) is 4.24. The van der Waals surface area contributed by atoms with Crippen LogP contribution in [0, 0.1) is 0 Å². The highest BCUT2D eigenvalue weighted by atomic mass is 35.5. The molecule has 2 rings (SSSR count). The average molecular weight is 266 g/mol. The van der Waals surface area contributed by atoms with Gasteiger partial charge in [-0.15, -0.1) is 13.2 Å². The summed E-state index contributed by atoms with van der Waals surface area (Å²) >= 11 is 5.95. The third-order valence-electron chi connectivity index (χ3n) is 2.60. The SMILES string of the molecule is FC(F)(F)Oc1cccc(Cl)c1N1CCCC1. The van der Waals surface area contributed by atoms with Gasteiger partial charge >= 0.3 is 6.36 Å². The minimum Gasteiger partial charge on any atom is -0.404 e. The maximum Gasteiger partial charge on any atom is 0.573 e. The summed E-state index contributed by atoms with van der Waals surface area (Å²) in [6.07, 6.45) is -2.79. The number of hydrogen-bond donors (Lipinski definition) is 0. The maximum absolute atomic E-state index is 12.3. The van der Waals surface area contributed by atoms with Gasteiger partial charge in [-0.3, -0.25) is 0 Å². The van der Waals surface area contributed by atoms with Gasteiger partial charge in [-0.2, -0.15) is 0 Å². The molecule has 1 saturated heterocycles. The van der Waals surface area contributed by atoms with Gasteiger partial charge in [0, 0.05) is 13.1 Å². The van der Waals surface area contributed by atoms with E-state index in [-0.39, 0.29) is 10.8 Å². The molecule has 0 bridgehead atoms. The van der Waals surface area contributed by atoms with Crippen molar-refractivity contribution < 1.29 is 17.9 Å². The monoisotopic (exact) mass is 265 g/mol. The molecule has 0 amide bonds. The van der Waals surface area contributed by atoms with E-state index in [0.717, 1.165) is 12.8 Å². The zero-order valence-electron chi connectivity index (χ0n) is 8.93.